The van der Waals surface area contributed by atoms with E-state index in [2.05, 4.69) is 10.3 Å². The zero-order valence-corrected chi connectivity index (χ0v) is 14.5. The molecule has 1 aliphatic rings. The SMILES string of the molecule is COc1ccc(CCNC(N)=NCC2(CS(C)(=O)=O)CC2)cc1. The number of nitrogens with two attached hydrogens (primary N) is 1. The van der Waals surface area contributed by atoms with Crippen LogP contribution in [0.5, 0.6) is 5.75 Å². The van der Waals surface area contributed by atoms with E-state index < -0.39 is 9.84 Å². The van der Waals surface area contributed by atoms with Crippen molar-refractivity contribution in [1.82, 2.24) is 5.32 Å². The first kappa shape index (κ1) is 17.6. The van der Waals surface area contributed by atoms with E-state index in [0.29, 0.717) is 19.0 Å². The maximum absolute atomic E-state index is 11.4. The molecule has 0 aromatic heterocycles. The van der Waals surface area contributed by atoms with Crippen molar-refractivity contribution in [3.8, 4) is 5.75 Å². The van der Waals surface area contributed by atoms with E-state index in [0.717, 1.165) is 25.0 Å². The summed E-state index contributed by atoms with van der Waals surface area (Å²) in [4.78, 5) is 4.30. The molecule has 0 spiro atoms. The molecular formula is C16H25N3O3S. The summed E-state index contributed by atoms with van der Waals surface area (Å²) in [5, 5.41) is 3.07. The van der Waals surface area contributed by atoms with Crippen LogP contribution in [0, 0.1) is 5.41 Å². The molecule has 0 radical (unpaired) electrons. The van der Waals surface area contributed by atoms with E-state index in [1.165, 1.54) is 11.8 Å². The highest BCUT2D eigenvalue weighted by molar-refractivity contribution is 7.90. The number of sulfone groups is 1. The highest BCUT2D eigenvalue weighted by Crippen LogP contribution is 2.46. The van der Waals surface area contributed by atoms with Crippen LogP contribution in [0.2, 0.25) is 0 Å². The van der Waals surface area contributed by atoms with Crippen LogP contribution in [-0.2, 0) is 16.3 Å². The lowest BCUT2D eigenvalue weighted by Gasteiger charge is -2.12. The van der Waals surface area contributed by atoms with Crippen LogP contribution in [0.4, 0.5) is 0 Å². The van der Waals surface area contributed by atoms with Gasteiger partial charge in [-0.3, -0.25) is 4.99 Å². The van der Waals surface area contributed by atoms with Gasteiger partial charge in [0, 0.05) is 24.8 Å². The Morgan fingerprint density at radius 2 is 2.00 bits per heavy atom. The van der Waals surface area contributed by atoms with Crippen LogP contribution in [0.3, 0.4) is 0 Å². The first-order chi connectivity index (χ1) is 10.8. The predicted molar refractivity (Wildman–Crippen MR) is 92.6 cm³/mol. The molecule has 3 N–H and O–H groups in total. The van der Waals surface area contributed by atoms with E-state index in [4.69, 9.17) is 10.5 Å². The molecule has 7 heteroatoms. The van der Waals surface area contributed by atoms with Crippen LogP contribution in [0.1, 0.15) is 18.4 Å². The monoisotopic (exact) mass is 339 g/mol. The average Bonchev–Trinajstić information content (AvgIpc) is 3.24. The molecule has 0 amide bonds. The van der Waals surface area contributed by atoms with Gasteiger partial charge >= 0.3 is 0 Å². The Kier molecular flexibility index (Phi) is 5.51. The molecule has 1 aliphatic carbocycles. The smallest absolute Gasteiger partial charge is 0.188 e. The van der Waals surface area contributed by atoms with Crippen molar-refractivity contribution in [2.24, 2.45) is 16.1 Å². The fourth-order valence-electron chi connectivity index (χ4n) is 2.52. The van der Waals surface area contributed by atoms with E-state index in [1.54, 1.807) is 7.11 Å². The van der Waals surface area contributed by atoms with Gasteiger partial charge in [0.1, 0.15) is 15.6 Å². The third-order valence-corrected chi connectivity index (χ3v) is 5.13. The van der Waals surface area contributed by atoms with Gasteiger partial charge in [-0.05, 0) is 37.0 Å². The average molecular weight is 339 g/mol. The summed E-state index contributed by atoms with van der Waals surface area (Å²) in [6, 6.07) is 7.88. The van der Waals surface area contributed by atoms with Crippen LogP contribution in [0.15, 0.2) is 29.3 Å². The van der Waals surface area contributed by atoms with Crippen molar-refractivity contribution >= 4 is 15.8 Å². The van der Waals surface area contributed by atoms with Crippen LogP contribution >= 0.6 is 0 Å². The van der Waals surface area contributed by atoms with Gasteiger partial charge in [0.05, 0.1) is 12.9 Å². The van der Waals surface area contributed by atoms with Crippen molar-refractivity contribution < 1.29 is 13.2 Å². The third kappa shape index (κ3) is 6.09. The molecule has 1 aromatic rings. The largest absolute Gasteiger partial charge is 0.497 e. The van der Waals surface area contributed by atoms with E-state index in [-0.39, 0.29) is 11.2 Å². The van der Waals surface area contributed by atoms with Gasteiger partial charge in [0.2, 0.25) is 0 Å². The minimum absolute atomic E-state index is 0.185. The predicted octanol–water partition coefficient (Wildman–Crippen LogP) is 0.967. The zero-order chi connectivity index (χ0) is 16.9. The van der Waals surface area contributed by atoms with Gasteiger partial charge in [0.15, 0.2) is 5.96 Å². The standard InChI is InChI=1S/C16H25N3O3S/c1-22-14-5-3-13(4-6-14)7-10-18-15(17)19-11-16(8-9-16)12-23(2,20)21/h3-6H,7-12H2,1-2H3,(H3,17,18,19). The summed E-state index contributed by atoms with van der Waals surface area (Å²) in [7, 11) is -1.32. The number of ether oxygens (including phenoxy) is 1. The van der Waals surface area contributed by atoms with E-state index in [9.17, 15) is 8.42 Å². The van der Waals surface area contributed by atoms with Crippen LogP contribution in [-0.4, -0.2) is 46.6 Å². The Hall–Kier alpha value is -1.76. The minimum Gasteiger partial charge on any atom is -0.497 e. The van der Waals surface area contributed by atoms with Crippen LogP contribution < -0.4 is 15.8 Å². The van der Waals surface area contributed by atoms with Gasteiger partial charge in [-0.2, -0.15) is 0 Å². The normalized spacial score (nSPS) is 16.9. The Morgan fingerprint density at radius 1 is 1.35 bits per heavy atom. The first-order valence-corrected chi connectivity index (χ1v) is 9.72. The Morgan fingerprint density at radius 3 is 2.52 bits per heavy atom. The summed E-state index contributed by atoms with van der Waals surface area (Å²) in [5.41, 5.74) is 6.85. The Bertz CT molecular complexity index is 650. The van der Waals surface area contributed by atoms with Gasteiger partial charge in [-0.1, -0.05) is 12.1 Å². The molecule has 0 saturated heterocycles. The number of benzene rings is 1. The number of methoxy groups -OCH3 is 1. The summed E-state index contributed by atoms with van der Waals surface area (Å²) in [6.07, 6.45) is 3.91. The molecule has 6 nitrogen and oxygen atoms in total. The fraction of sp³-hybridized carbons (Fsp3) is 0.562. The summed E-state index contributed by atoms with van der Waals surface area (Å²) in [6.45, 7) is 1.15. The van der Waals surface area contributed by atoms with Gasteiger partial charge in [0.25, 0.3) is 0 Å². The van der Waals surface area contributed by atoms with Crippen molar-refractivity contribution in [1.29, 1.82) is 0 Å². The van der Waals surface area contributed by atoms with Crippen molar-refractivity contribution in [3.05, 3.63) is 29.8 Å². The molecule has 128 valence electrons. The number of nitrogens with zero attached hydrogens (tertiary/aromatic N) is 1. The number of nitrogens with one attached hydrogen (secondary N) is 1. The maximum atomic E-state index is 11.4. The van der Waals surface area contributed by atoms with Crippen molar-refractivity contribution in [2.45, 2.75) is 19.3 Å². The second kappa shape index (κ2) is 7.21. The molecule has 1 aromatic carbocycles. The lowest BCUT2D eigenvalue weighted by atomic mass is 10.1. The third-order valence-electron chi connectivity index (χ3n) is 3.99. The highest BCUT2D eigenvalue weighted by Gasteiger charge is 2.45. The molecule has 0 bridgehead atoms. The lowest BCUT2D eigenvalue weighted by molar-refractivity contribution is 0.414. The molecule has 0 atom stereocenters. The van der Waals surface area contributed by atoms with Gasteiger partial charge in [-0.15, -0.1) is 0 Å². The van der Waals surface area contributed by atoms with Gasteiger partial charge in [-0.25, -0.2) is 8.42 Å². The Balaban J connectivity index is 1.75. The molecule has 0 heterocycles. The quantitative estimate of drug-likeness (QED) is 0.544. The number of guanidine groups is 1. The van der Waals surface area contributed by atoms with Crippen molar-refractivity contribution in [3.63, 3.8) is 0 Å². The molecule has 1 saturated carbocycles. The molecule has 0 unspecified atom stereocenters. The zero-order valence-electron chi connectivity index (χ0n) is 13.7. The fourth-order valence-corrected chi connectivity index (χ4v) is 4.01. The van der Waals surface area contributed by atoms with Crippen molar-refractivity contribution in [2.75, 3.05) is 32.2 Å². The summed E-state index contributed by atoms with van der Waals surface area (Å²) in [5.74, 6) is 1.41. The molecule has 2 rings (SSSR count). The first-order valence-electron chi connectivity index (χ1n) is 7.66. The second-order valence-electron chi connectivity index (χ2n) is 6.30. The number of rotatable bonds is 8. The highest BCUT2D eigenvalue weighted by atomic mass is 32.2. The second-order valence-corrected chi connectivity index (χ2v) is 8.44. The molecule has 23 heavy (non-hydrogen) atoms. The topological polar surface area (TPSA) is 93.8 Å². The van der Waals surface area contributed by atoms with E-state index in [1.807, 2.05) is 24.3 Å². The summed E-state index contributed by atoms with van der Waals surface area (Å²) < 4.78 is 27.9. The Labute approximate surface area is 138 Å². The van der Waals surface area contributed by atoms with E-state index >= 15 is 0 Å². The maximum Gasteiger partial charge on any atom is 0.188 e. The number of hydrogen-bond donors (Lipinski definition) is 2. The molecule has 1 fully saturated rings. The van der Waals surface area contributed by atoms with Gasteiger partial charge < -0.3 is 15.8 Å². The minimum atomic E-state index is -2.97. The number of aliphatic imine (C=N–C) groups is 1. The van der Waals surface area contributed by atoms with Crippen LogP contribution in [0.25, 0.3) is 0 Å². The summed E-state index contributed by atoms with van der Waals surface area (Å²) >= 11 is 0. The molecular weight excluding hydrogens is 314 g/mol. The lowest BCUT2D eigenvalue weighted by Crippen LogP contribution is -2.34. The number of hydrogen-bond acceptors (Lipinski definition) is 4. The molecule has 0 aliphatic heterocycles.